The smallest absolute Gasteiger partial charge is 0.364 e. The van der Waals surface area contributed by atoms with Crippen molar-refractivity contribution < 1.29 is 198 Å². The Balaban J connectivity index is 1.16. The standard InChI is InChI=1S/C87H154N4O40/c1-7-9-11-13-15-17-19-21-22-24-26-28-30-32-34-36-58(104)91-49(50(101)35-33-31-29-27-25-23-20-18-16-14-12-10-8-2)44-118-82-70(113)68(111)73(56(42-96)123-82)125-85-72(115)79(131-87(86(116)117)37-51(102)59(88-46(4)98)77(130-87)63(106)52(103)38-92)74(57(43-97)124-85)126-80-60(89-47(5)99)76(65(108)53(39-93)120-80)128-84-71(114)78(66(109)55(41-95)122-84)129-81-61(90-48(6)100)75(64(107)54(40-94)121-81)127-83-69(112)67(110)62(105)45(3)119-83/h33,35,45,49-57,59-85,92-97,101-103,105-115H,7-32,34,36-44H2,1-6H3,(H,88,98)(H,89,99)(H,90,100)(H,91,104)(H,116,117)/b35-33+/t45?,49-,50+,51?,52+,53?,54?,55?,56?,57?,59+,60?,61?,62+,63+,64+,65-,66-,67?,68+,69-,70?,71?,72?,73+,74-,75+,76+,77?,78-,79+,80-,81-,82+,83+,84-,85-,87-/m0/s1. The molecule has 44 nitrogen and oxygen atoms in total. The van der Waals surface area contributed by atoms with Crippen LogP contribution in [-0.2, 0) is 90.3 Å². The lowest BCUT2D eigenvalue weighted by molar-refractivity contribution is -0.404. The van der Waals surface area contributed by atoms with Gasteiger partial charge in [0.1, 0.15) is 159 Å². The monoisotopic (exact) mass is 1900 g/mol. The van der Waals surface area contributed by atoms with Gasteiger partial charge in [0.2, 0.25) is 23.6 Å². The summed E-state index contributed by atoms with van der Waals surface area (Å²) in [5.41, 5.74) is 0. The minimum atomic E-state index is -3.48. The van der Waals surface area contributed by atoms with E-state index in [0.29, 0.717) is 12.8 Å². The lowest BCUT2D eigenvalue weighted by atomic mass is 9.88. The fourth-order valence-electron chi connectivity index (χ4n) is 17.6. The predicted octanol–water partition coefficient (Wildman–Crippen LogP) is -4.22. The van der Waals surface area contributed by atoms with Crippen molar-refractivity contribution >= 4 is 29.6 Å². The Morgan fingerprint density at radius 2 is 0.794 bits per heavy atom. The summed E-state index contributed by atoms with van der Waals surface area (Å²) >= 11 is 0. The second-order valence-corrected chi connectivity index (χ2v) is 35.6. The lowest BCUT2D eigenvalue weighted by Crippen LogP contribution is -2.72. The number of nitrogens with one attached hydrogen (secondary N) is 4. The summed E-state index contributed by atoms with van der Waals surface area (Å²) < 4.78 is 85.0. The van der Waals surface area contributed by atoms with Crippen molar-refractivity contribution in [2.24, 2.45) is 0 Å². The zero-order chi connectivity index (χ0) is 96.3. The molecule has 0 spiro atoms. The van der Waals surface area contributed by atoms with E-state index in [-0.39, 0.29) is 6.42 Å². The summed E-state index contributed by atoms with van der Waals surface area (Å²) in [5, 5.41) is 249. The number of rotatable bonds is 58. The normalized spacial score (nSPS) is 37.5. The van der Waals surface area contributed by atoms with Crippen molar-refractivity contribution in [1.82, 2.24) is 21.3 Å². The molecule has 131 heavy (non-hydrogen) atoms. The number of aliphatic hydroxyl groups excluding tert-OH is 20. The van der Waals surface area contributed by atoms with E-state index >= 15 is 0 Å². The molecule has 44 heteroatoms. The fourth-order valence-corrected chi connectivity index (χ4v) is 17.6. The SMILES string of the molecule is CCCCCCCCCCCCC/C=C/[C@@H](O)[C@H](CO[C@@H]1OC(CO)[C@@H](O[C@@H]2OC(CO)[C@H](O[C@@H]3OC(CO)[C@H](O)[C@H](O[C@@H]4OC(CO)[C@H](O)[C@H](O[C@@H]5OC(CO)[C@@H](O)[C@H](O[C@H]6OC(C)[C@@H](O)C(O)[C@@H]6O)C5NC(C)=O)C4O)C3NC(C)=O)[C@H](O[C@]3(C(=O)O)CC(O)[C@@H](NC(C)=O)C([C@H](O)[C@H](O)CO)O3)C2O)[C@H](O)C1O)NC(=O)CCCCCCCCCCCCCCCCC. The molecule has 7 fully saturated rings. The van der Waals surface area contributed by atoms with E-state index in [1.807, 2.05) is 0 Å². The van der Waals surface area contributed by atoms with Crippen molar-refractivity contribution in [3.63, 3.8) is 0 Å². The van der Waals surface area contributed by atoms with Gasteiger partial charge in [-0.05, 0) is 26.2 Å². The number of carboxylic acid groups (broad SMARTS) is 1. The van der Waals surface area contributed by atoms with Gasteiger partial charge in [-0.1, -0.05) is 180 Å². The van der Waals surface area contributed by atoms with E-state index in [9.17, 15) is 131 Å². The number of aliphatic hydroxyl groups is 20. The molecule has 0 saturated carbocycles. The number of allylic oxidation sites excluding steroid dienone is 1. The van der Waals surface area contributed by atoms with E-state index in [2.05, 4.69) is 35.1 Å². The van der Waals surface area contributed by atoms with Gasteiger partial charge in [-0.2, -0.15) is 0 Å². The molecule has 0 radical (unpaired) electrons. The molecule has 7 rings (SSSR count). The molecule has 38 atom stereocenters. The number of carboxylic acids is 1. The Bertz CT molecular complexity index is 3280. The number of carbonyl (C=O) groups is 5. The Kier molecular flexibility index (Phi) is 50.3. The molecule has 7 saturated heterocycles. The number of carbonyl (C=O) groups excluding carboxylic acids is 4. The molecule has 7 aliphatic heterocycles. The minimum absolute atomic E-state index is 0.100. The van der Waals surface area contributed by atoms with Crippen LogP contribution in [0.3, 0.4) is 0 Å². The van der Waals surface area contributed by atoms with Gasteiger partial charge >= 0.3 is 5.97 Å². The highest BCUT2D eigenvalue weighted by Crippen LogP contribution is 2.43. The molecule has 25 N–H and O–H groups in total. The van der Waals surface area contributed by atoms with Gasteiger partial charge < -0.3 is 195 Å². The van der Waals surface area contributed by atoms with E-state index in [1.54, 1.807) is 6.08 Å². The highest BCUT2D eigenvalue weighted by atomic mass is 16.8. The number of aliphatic carboxylic acids is 1. The average Bonchev–Trinajstić information content (AvgIpc) is 0.754. The summed E-state index contributed by atoms with van der Waals surface area (Å²) in [4.78, 5) is 67.0. The van der Waals surface area contributed by atoms with E-state index < -0.39 is 315 Å². The molecule has 0 aromatic rings. The van der Waals surface area contributed by atoms with Crippen molar-refractivity contribution in [2.45, 2.75) is 460 Å². The Morgan fingerprint density at radius 3 is 1.25 bits per heavy atom. The van der Waals surface area contributed by atoms with Gasteiger partial charge in [-0.3, -0.25) is 19.2 Å². The lowest BCUT2D eigenvalue weighted by Gasteiger charge is -2.53. The first-order valence-electron chi connectivity index (χ1n) is 47.0. The minimum Gasteiger partial charge on any atom is -0.477 e. The van der Waals surface area contributed by atoms with Gasteiger partial charge in [0.15, 0.2) is 37.7 Å². The van der Waals surface area contributed by atoms with Crippen LogP contribution in [0.25, 0.3) is 0 Å². The van der Waals surface area contributed by atoms with Crippen LogP contribution in [0.2, 0.25) is 0 Å². The average molecular weight is 1900 g/mol. The van der Waals surface area contributed by atoms with E-state index in [4.69, 9.17) is 66.3 Å². The molecule has 7 heterocycles. The molecule has 14 unspecified atom stereocenters. The van der Waals surface area contributed by atoms with Crippen LogP contribution in [0, 0.1) is 0 Å². The van der Waals surface area contributed by atoms with Gasteiger partial charge in [0, 0.05) is 33.6 Å². The number of unbranched alkanes of at least 4 members (excludes halogenated alkanes) is 25. The van der Waals surface area contributed by atoms with Crippen LogP contribution < -0.4 is 21.3 Å². The topological polar surface area (TPSA) is 688 Å². The number of hydrogen-bond acceptors (Lipinski definition) is 39. The van der Waals surface area contributed by atoms with Gasteiger partial charge in [-0.25, -0.2) is 4.79 Å². The van der Waals surface area contributed by atoms with Crippen molar-refractivity contribution in [3.8, 4) is 0 Å². The van der Waals surface area contributed by atoms with Crippen LogP contribution in [-0.4, -0.2) is 416 Å². The Labute approximate surface area is 764 Å². The second kappa shape index (κ2) is 57.9. The first-order chi connectivity index (χ1) is 62.6. The third kappa shape index (κ3) is 32.9. The van der Waals surface area contributed by atoms with Gasteiger partial charge in [0.05, 0.1) is 76.6 Å². The molecule has 762 valence electrons. The maximum Gasteiger partial charge on any atom is 0.364 e. The predicted molar refractivity (Wildman–Crippen MR) is 454 cm³/mol. The number of amides is 4. The van der Waals surface area contributed by atoms with Crippen LogP contribution in [0.1, 0.15) is 228 Å². The maximum absolute atomic E-state index is 14.1. The highest BCUT2D eigenvalue weighted by molar-refractivity contribution is 5.77. The maximum atomic E-state index is 14.1. The third-order valence-electron chi connectivity index (χ3n) is 25.2. The molecule has 7 aliphatic rings. The molecular weight excluding hydrogens is 1740 g/mol. The summed E-state index contributed by atoms with van der Waals surface area (Å²) in [6, 6.07) is -6.92. The number of hydrogen-bond donors (Lipinski definition) is 25. The quantitative estimate of drug-likeness (QED) is 0.0203. The van der Waals surface area contributed by atoms with Gasteiger partial charge in [0.25, 0.3) is 5.79 Å². The fraction of sp³-hybridized carbons (Fsp3) is 0.920. The van der Waals surface area contributed by atoms with Gasteiger partial charge in [-0.15, -0.1) is 0 Å². The summed E-state index contributed by atoms with van der Waals surface area (Å²) in [6.07, 6.45) is -37.1. The van der Waals surface area contributed by atoms with E-state index in [1.165, 1.54) is 109 Å². The van der Waals surface area contributed by atoms with Crippen LogP contribution in [0.15, 0.2) is 12.2 Å². The molecule has 0 aliphatic carbocycles. The molecule has 0 aromatic carbocycles. The van der Waals surface area contributed by atoms with Crippen LogP contribution >= 0.6 is 0 Å². The van der Waals surface area contributed by atoms with Crippen molar-refractivity contribution in [3.05, 3.63) is 12.2 Å². The molecule has 0 aromatic heterocycles. The molecule has 4 amide bonds. The molecular formula is C87H154N4O40. The summed E-state index contributed by atoms with van der Waals surface area (Å²) in [6.45, 7) is 0.879. The summed E-state index contributed by atoms with van der Waals surface area (Å²) in [7, 11) is 0. The first kappa shape index (κ1) is 114. The third-order valence-corrected chi connectivity index (χ3v) is 25.2. The van der Waals surface area contributed by atoms with Crippen LogP contribution in [0.4, 0.5) is 0 Å². The highest BCUT2D eigenvalue weighted by Gasteiger charge is 2.63. The molecule has 0 bridgehead atoms. The van der Waals surface area contributed by atoms with Crippen molar-refractivity contribution in [2.75, 3.05) is 46.2 Å². The zero-order valence-corrected chi connectivity index (χ0v) is 76.1. The Hall–Kier alpha value is -4.27. The summed E-state index contributed by atoms with van der Waals surface area (Å²) in [5.74, 6) is -8.94. The van der Waals surface area contributed by atoms with E-state index in [0.717, 1.165) is 85.0 Å². The Morgan fingerprint density at radius 1 is 0.412 bits per heavy atom. The first-order valence-corrected chi connectivity index (χ1v) is 47.0. The second-order valence-electron chi connectivity index (χ2n) is 35.6. The van der Waals surface area contributed by atoms with Crippen LogP contribution in [0.5, 0.6) is 0 Å². The number of ether oxygens (including phenoxy) is 14. The largest absolute Gasteiger partial charge is 0.477 e. The van der Waals surface area contributed by atoms with Crippen molar-refractivity contribution in [1.29, 1.82) is 0 Å². The zero-order valence-electron chi connectivity index (χ0n) is 76.1.